The fraction of sp³-hybridized carbons (Fsp3) is 0. The van der Waals surface area contributed by atoms with Crippen molar-refractivity contribution in [1.29, 1.82) is 0 Å². The second kappa shape index (κ2) is 4.74. The third-order valence-electron chi connectivity index (χ3n) is 2.55. The van der Waals surface area contributed by atoms with Crippen LogP contribution in [0, 0.1) is 0 Å². The molecule has 19 heavy (non-hydrogen) atoms. The standard InChI is InChI=1S/C14H8ClNO3/c15-10-6-2-4-8-12(10)18-14-16-11-7-3-1-5-9(11)13(17)19-14/h1-8H. The van der Waals surface area contributed by atoms with Crippen molar-refractivity contribution in [3.63, 3.8) is 0 Å². The number of fused-ring (bicyclic) bond motifs is 1. The predicted octanol–water partition coefficient (Wildman–Crippen LogP) is 3.63. The minimum atomic E-state index is -0.493. The van der Waals surface area contributed by atoms with Gasteiger partial charge in [-0.2, -0.15) is 4.98 Å². The van der Waals surface area contributed by atoms with Gasteiger partial charge in [0.1, 0.15) is 0 Å². The molecule has 0 N–H and O–H groups in total. The third-order valence-corrected chi connectivity index (χ3v) is 2.86. The number of halogens is 1. The lowest BCUT2D eigenvalue weighted by Gasteiger charge is -2.04. The van der Waals surface area contributed by atoms with Crippen molar-refractivity contribution in [2.45, 2.75) is 0 Å². The Balaban J connectivity index is 2.07. The molecule has 0 spiro atoms. The minimum absolute atomic E-state index is 0.128. The van der Waals surface area contributed by atoms with Gasteiger partial charge in [0.2, 0.25) is 0 Å². The average molecular weight is 274 g/mol. The molecule has 0 aliphatic carbocycles. The van der Waals surface area contributed by atoms with E-state index in [0.29, 0.717) is 21.7 Å². The van der Waals surface area contributed by atoms with Crippen LogP contribution in [0.5, 0.6) is 11.8 Å². The lowest BCUT2D eigenvalue weighted by molar-refractivity contribution is 0.307. The van der Waals surface area contributed by atoms with E-state index in [2.05, 4.69) is 4.98 Å². The van der Waals surface area contributed by atoms with Crippen LogP contribution in [0.1, 0.15) is 0 Å². The molecule has 3 rings (SSSR count). The molecule has 0 unspecified atom stereocenters. The fourth-order valence-corrected chi connectivity index (χ4v) is 1.84. The minimum Gasteiger partial charge on any atom is -0.409 e. The molecule has 0 fully saturated rings. The first kappa shape index (κ1) is 11.7. The van der Waals surface area contributed by atoms with Gasteiger partial charge in [-0.25, -0.2) is 4.79 Å². The van der Waals surface area contributed by atoms with E-state index in [1.807, 2.05) is 0 Å². The molecule has 0 radical (unpaired) electrons. The smallest absolute Gasteiger partial charge is 0.402 e. The Morgan fingerprint density at radius 3 is 2.63 bits per heavy atom. The zero-order valence-electron chi connectivity index (χ0n) is 9.67. The molecule has 1 aromatic heterocycles. The maximum Gasteiger partial charge on any atom is 0.402 e. The number of ether oxygens (including phenoxy) is 1. The summed E-state index contributed by atoms with van der Waals surface area (Å²) in [6.45, 7) is 0. The Morgan fingerprint density at radius 2 is 1.79 bits per heavy atom. The third kappa shape index (κ3) is 2.30. The van der Waals surface area contributed by atoms with Crippen LogP contribution in [0.25, 0.3) is 10.9 Å². The SMILES string of the molecule is O=c1oc(Oc2ccccc2Cl)nc2ccccc12. The molecule has 3 aromatic rings. The molecule has 2 aromatic carbocycles. The Labute approximate surface area is 113 Å². The van der Waals surface area contributed by atoms with Gasteiger partial charge in [0.15, 0.2) is 5.75 Å². The molecule has 0 atom stereocenters. The molecule has 94 valence electrons. The monoisotopic (exact) mass is 273 g/mol. The Morgan fingerprint density at radius 1 is 1.05 bits per heavy atom. The zero-order chi connectivity index (χ0) is 13.2. The van der Waals surface area contributed by atoms with Crippen LogP contribution in [0.4, 0.5) is 0 Å². The molecular formula is C14H8ClNO3. The van der Waals surface area contributed by atoms with Gasteiger partial charge in [0.05, 0.1) is 15.9 Å². The zero-order valence-corrected chi connectivity index (χ0v) is 10.4. The van der Waals surface area contributed by atoms with Crippen molar-refractivity contribution in [3.05, 3.63) is 64.0 Å². The highest BCUT2D eigenvalue weighted by Gasteiger charge is 2.09. The number of benzene rings is 2. The first-order chi connectivity index (χ1) is 9.24. The Bertz CT molecular complexity index is 798. The molecule has 4 nitrogen and oxygen atoms in total. The number of hydrogen-bond donors (Lipinski definition) is 0. The molecule has 0 bridgehead atoms. The number of nitrogens with zero attached hydrogens (tertiary/aromatic N) is 1. The van der Waals surface area contributed by atoms with Gasteiger partial charge >= 0.3 is 11.7 Å². The summed E-state index contributed by atoms with van der Waals surface area (Å²) in [5.41, 5.74) is 0.0217. The number of hydrogen-bond acceptors (Lipinski definition) is 4. The average Bonchev–Trinajstić information content (AvgIpc) is 2.42. The maximum absolute atomic E-state index is 11.8. The van der Waals surface area contributed by atoms with Crippen molar-refractivity contribution in [2.24, 2.45) is 0 Å². The van der Waals surface area contributed by atoms with Gasteiger partial charge in [-0.05, 0) is 24.3 Å². The predicted molar refractivity (Wildman–Crippen MR) is 71.8 cm³/mol. The molecule has 1 heterocycles. The van der Waals surface area contributed by atoms with Gasteiger partial charge in [-0.3, -0.25) is 0 Å². The van der Waals surface area contributed by atoms with Crippen LogP contribution >= 0.6 is 11.6 Å². The molecular weight excluding hydrogens is 266 g/mol. The van der Waals surface area contributed by atoms with E-state index in [9.17, 15) is 4.79 Å². The molecule has 0 saturated heterocycles. The summed E-state index contributed by atoms with van der Waals surface area (Å²) < 4.78 is 10.4. The quantitative estimate of drug-likeness (QED) is 0.715. The van der Waals surface area contributed by atoms with Crippen molar-refractivity contribution in [1.82, 2.24) is 4.98 Å². The van der Waals surface area contributed by atoms with Crippen LogP contribution in [0.15, 0.2) is 57.7 Å². The summed E-state index contributed by atoms with van der Waals surface area (Å²) in [4.78, 5) is 15.9. The topological polar surface area (TPSA) is 52.3 Å². The normalized spacial score (nSPS) is 10.6. The van der Waals surface area contributed by atoms with Gasteiger partial charge in [-0.1, -0.05) is 35.9 Å². The molecule has 0 amide bonds. The molecule has 5 heteroatoms. The maximum atomic E-state index is 11.8. The van der Waals surface area contributed by atoms with Crippen LogP contribution < -0.4 is 10.4 Å². The van der Waals surface area contributed by atoms with E-state index in [1.54, 1.807) is 48.5 Å². The largest absolute Gasteiger partial charge is 0.409 e. The first-order valence-electron chi connectivity index (χ1n) is 5.56. The van der Waals surface area contributed by atoms with E-state index in [1.165, 1.54) is 0 Å². The van der Waals surface area contributed by atoms with Gasteiger partial charge in [0.25, 0.3) is 0 Å². The lowest BCUT2D eigenvalue weighted by Crippen LogP contribution is -2.02. The van der Waals surface area contributed by atoms with Crippen molar-refractivity contribution in [3.8, 4) is 11.8 Å². The molecule has 0 aliphatic rings. The highest BCUT2D eigenvalue weighted by Crippen LogP contribution is 2.27. The van der Waals surface area contributed by atoms with Crippen molar-refractivity contribution < 1.29 is 9.15 Å². The van der Waals surface area contributed by atoms with E-state index < -0.39 is 5.63 Å². The Kier molecular flexibility index (Phi) is 2.93. The highest BCUT2D eigenvalue weighted by molar-refractivity contribution is 6.32. The molecule has 0 aliphatic heterocycles. The van der Waals surface area contributed by atoms with Crippen molar-refractivity contribution in [2.75, 3.05) is 0 Å². The first-order valence-corrected chi connectivity index (χ1v) is 5.94. The lowest BCUT2D eigenvalue weighted by atomic mass is 10.2. The van der Waals surface area contributed by atoms with Crippen LogP contribution in [0.2, 0.25) is 5.02 Å². The van der Waals surface area contributed by atoms with Crippen LogP contribution in [-0.2, 0) is 0 Å². The van der Waals surface area contributed by atoms with E-state index in [4.69, 9.17) is 20.8 Å². The summed E-state index contributed by atoms with van der Waals surface area (Å²) >= 11 is 5.96. The Hall–Kier alpha value is -2.33. The van der Waals surface area contributed by atoms with E-state index >= 15 is 0 Å². The number of para-hydroxylation sites is 2. The van der Waals surface area contributed by atoms with Gasteiger partial charge in [0, 0.05) is 0 Å². The van der Waals surface area contributed by atoms with E-state index in [-0.39, 0.29) is 6.08 Å². The number of aromatic nitrogens is 1. The van der Waals surface area contributed by atoms with Crippen LogP contribution in [-0.4, -0.2) is 4.98 Å². The summed E-state index contributed by atoms with van der Waals surface area (Å²) in [5.74, 6) is 0.384. The molecule has 0 saturated carbocycles. The van der Waals surface area contributed by atoms with Crippen LogP contribution in [0.3, 0.4) is 0 Å². The fourth-order valence-electron chi connectivity index (χ4n) is 1.66. The van der Waals surface area contributed by atoms with Gasteiger partial charge < -0.3 is 9.15 Å². The number of rotatable bonds is 2. The van der Waals surface area contributed by atoms with E-state index in [0.717, 1.165) is 0 Å². The summed E-state index contributed by atoms with van der Waals surface area (Å²) in [7, 11) is 0. The van der Waals surface area contributed by atoms with Crippen molar-refractivity contribution >= 4 is 22.5 Å². The summed E-state index contributed by atoms with van der Waals surface area (Å²) in [6, 6.07) is 13.8. The summed E-state index contributed by atoms with van der Waals surface area (Å²) in [5, 5.41) is 0.828. The second-order valence-corrected chi connectivity index (χ2v) is 4.22. The summed E-state index contributed by atoms with van der Waals surface area (Å²) in [6.07, 6.45) is -0.128. The van der Waals surface area contributed by atoms with Gasteiger partial charge in [-0.15, -0.1) is 0 Å². The second-order valence-electron chi connectivity index (χ2n) is 3.82. The highest BCUT2D eigenvalue weighted by atomic mass is 35.5.